The van der Waals surface area contributed by atoms with Gasteiger partial charge in [-0.1, -0.05) is 24.3 Å². The van der Waals surface area contributed by atoms with Gasteiger partial charge < -0.3 is 4.90 Å². The maximum absolute atomic E-state index is 13.1. The highest BCUT2D eigenvalue weighted by molar-refractivity contribution is 7.92. The minimum absolute atomic E-state index is 0.191. The van der Waals surface area contributed by atoms with Crippen LogP contribution in [-0.4, -0.2) is 51.5 Å². The first kappa shape index (κ1) is 24.9. The number of aryl methyl sites for hydroxylation is 2. The molecule has 0 radical (unpaired) electrons. The van der Waals surface area contributed by atoms with Gasteiger partial charge in [-0.25, -0.2) is 21.6 Å². The van der Waals surface area contributed by atoms with Crippen LogP contribution in [0.5, 0.6) is 0 Å². The molecule has 34 heavy (non-hydrogen) atoms. The topological polar surface area (TPSA) is 101 Å². The van der Waals surface area contributed by atoms with Crippen molar-refractivity contribution in [1.82, 2.24) is 9.62 Å². The molecule has 0 aromatic heterocycles. The highest BCUT2D eigenvalue weighted by atomic mass is 32.2. The second-order valence-electron chi connectivity index (χ2n) is 9.55. The summed E-state index contributed by atoms with van der Waals surface area (Å²) >= 11 is 0. The normalized spacial score (nSPS) is 22.7. The Bertz CT molecular complexity index is 1280. The molecule has 9 heteroatoms. The number of amides is 1. The third-order valence-electron chi connectivity index (χ3n) is 7.47. The third kappa shape index (κ3) is 4.41. The van der Waals surface area contributed by atoms with Crippen LogP contribution in [0.3, 0.4) is 0 Å². The van der Waals surface area contributed by atoms with E-state index in [2.05, 4.69) is 4.72 Å². The number of nitrogens with one attached hydrogen (secondary N) is 1. The second-order valence-corrected chi connectivity index (χ2v) is 13.5. The molecule has 1 N–H and O–H groups in total. The van der Waals surface area contributed by atoms with Crippen molar-refractivity contribution >= 4 is 25.8 Å². The monoisotopic (exact) mass is 504 g/mol. The Kier molecular flexibility index (Phi) is 6.65. The minimum atomic E-state index is -3.88. The molecule has 0 spiro atoms. The van der Waals surface area contributed by atoms with Crippen molar-refractivity contribution < 1.29 is 21.6 Å². The van der Waals surface area contributed by atoms with Gasteiger partial charge in [0.1, 0.15) is 0 Å². The lowest BCUT2D eigenvalue weighted by molar-refractivity contribution is -0.134. The summed E-state index contributed by atoms with van der Waals surface area (Å²) in [5.74, 6) is -0.300. The molecule has 0 aliphatic carbocycles. The molecule has 2 unspecified atom stereocenters. The molecular formula is C25H32N2O5S2. The van der Waals surface area contributed by atoms with Gasteiger partial charge in [-0.2, -0.15) is 0 Å². The smallest absolute Gasteiger partial charge is 0.241 e. The van der Waals surface area contributed by atoms with Crippen molar-refractivity contribution in [2.75, 3.05) is 6.54 Å². The van der Waals surface area contributed by atoms with Crippen LogP contribution in [0.1, 0.15) is 47.9 Å². The fraction of sp³-hybridized carbons (Fsp3) is 0.480. The molecule has 2 bridgehead atoms. The van der Waals surface area contributed by atoms with Crippen LogP contribution in [0.4, 0.5) is 0 Å². The molecule has 2 saturated heterocycles. The lowest BCUT2D eigenvalue weighted by atomic mass is 10.0. The maximum Gasteiger partial charge on any atom is 0.241 e. The average molecular weight is 505 g/mol. The van der Waals surface area contributed by atoms with Crippen LogP contribution < -0.4 is 4.72 Å². The van der Waals surface area contributed by atoms with E-state index in [1.165, 1.54) is 0 Å². The van der Waals surface area contributed by atoms with E-state index in [-0.39, 0.29) is 29.4 Å². The maximum atomic E-state index is 13.1. The lowest BCUT2D eigenvalue weighted by Crippen LogP contribution is -2.52. The first-order valence-corrected chi connectivity index (χ1v) is 14.6. The highest BCUT2D eigenvalue weighted by Gasteiger charge is 2.47. The number of fused-ring (bicyclic) bond motifs is 2. The summed E-state index contributed by atoms with van der Waals surface area (Å²) in [6.07, 6.45) is 2.22. The first-order chi connectivity index (χ1) is 15.9. The fourth-order valence-electron chi connectivity index (χ4n) is 5.49. The van der Waals surface area contributed by atoms with E-state index < -0.39 is 25.1 Å². The Hall–Kier alpha value is -2.23. The molecule has 2 heterocycles. The number of rotatable bonds is 6. The van der Waals surface area contributed by atoms with Crippen molar-refractivity contribution in [3.8, 4) is 0 Å². The summed E-state index contributed by atoms with van der Waals surface area (Å²) in [6.45, 7) is 6.96. The van der Waals surface area contributed by atoms with Crippen molar-refractivity contribution in [2.24, 2.45) is 0 Å². The number of piperidine rings is 1. The Labute approximate surface area is 202 Å². The molecule has 0 saturated carbocycles. The Balaban J connectivity index is 1.48. The highest BCUT2D eigenvalue weighted by Crippen LogP contribution is 2.40. The summed E-state index contributed by atoms with van der Waals surface area (Å²) in [4.78, 5) is 15.4. The molecular weight excluding hydrogens is 472 g/mol. The molecule has 7 nitrogen and oxygen atoms in total. The predicted molar refractivity (Wildman–Crippen MR) is 131 cm³/mol. The van der Waals surface area contributed by atoms with Crippen LogP contribution in [-0.2, 0) is 24.7 Å². The molecule has 4 rings (SSSR count). The lowest BCUT2D eigenvalue weighted by Gasteiger charge is -2.38. The zero-order chi connectivity index (χ0) is 24.8. The van der Waals surface area contributed by atoms with Crippen LogP contribution in [0.25, 0.3) is 0 Å². The van der Waals surface area contributed by atoms with Crippen LogP contribution in [0, 0.1) is 27.7 Å². The minimum Gasteiger partial charge on any atom is -0.336 e. The summed E-state index contributed by atoms with van der Waals surface area (Å²) in [5, 5.41) is -0.534. The number of carbonyl (C=O) groups excluding carboxylic acids is 1. The first-order valence-electron chi connectivity index (χ1n) is 11.6. The number of benzene rings is 2. The molecule has 2 atom stereocenters. The van der Waals surface area contributed by atoms with Crippen molar-refractivity contribution in [2.45, 2.75) is 80.5 Å². The summed E-state index contributed by atoms with van der Waals surface area (Å²) in [5.41, 5.74) is 3.12. The third-order valence-corrected chi connectivity index (χ3v) is 11.3. The molecule has 2 aromatic rings. The van der Waals surface area contributed by atoms with E-state index in [0.717, 1.165) is 24.0 Å². The Morgan fingerprint density at radius 1 is 0.912 bits per heavy atom. The van der Waals surface area contributed by atoms with Crippen molar-refractivity contribution in [1.29, 1.82) is 0 Å². The molecule has 2 aromatic carbocycles. The zero-order valence-corrected chi connectivity index (χ0v) is 21.7. The summed E-state index contributed by atoms with van der Waals surface area (Å²) < 4.78 is 55.0. The van der Waals surface area contributed by atoms with E-state index >= 15 is 0 Å². The predicted octanol–water partition coefficient (Wildman–Crippen LogP) is 3.19. The van der Waals surface area contributed by atoms with E-state index in [0.29, 0.717) is 28.9 Å². The van der Waals surface area contributed by atoms with Crippen LogP contribution >= 0.6 is 0 Å². The van der Waals surface area contributed by atoms with Gasteiger partial charge in [0.2, 0.25) is 15.9 Å². The SMILES string of the molecule is Cc1cc(C)c(C)c(S(=O)(=O)NCC(=O)N2C3CCC2CC(S(=O)(=O)c2ccccc2)C3)c1C. The molecule has 2 aliphatic heterocycles. The number of sulfone groups is 1. The van der Waals surface area contributed by atoms with Crippen LogP contribution in [0.2, 0.25) is 0 Å². The van der Waals surface area contributed by atoms with Gasteiger partial charge in [-0.15, -0.1) is 0 Å². The van der Waals surface area contributed by atoms with Gasteiger partial charge in [-0.3, -0.25) is 4.79 Å². The van der Waals surface area contributed by atoms with E-state index in [9.17, 15) is 21.6 Å². The molecule has 2 fully saturated rings. The number of nitrogens with zero attached hydrogens (tertiary/aromatic N) is 1. The second kappa shape index (κ2) is 9.09. The average Bonchev–Trinajstić information content (AvgIpc) is 3.05. The largest absolute Gasteiger partial charge is 0.336 e. The van der Waals surface area contributed by atoms with Gasteiger partial charge in [-0.05, 0) is 87.8 Å². The molecule has 1 amide bonds. The van der Waals surface area contributed by atoms with Gasteiger partial charge in [0, 0.05) is 12.1 Å². The Morgan fingerprint density at radius 2 is 1.44 bits per heavy atom. The summed E-state index contributed by atoms with van der Waals surface area (Å²) in [6, 6.07) is 10.0. The standard InChI is InChI=1S/C25H32N2O5S2/c1-16-12-17(2)19(4)25(18(16)3)34(31,32)26-15-24(28)27-20-10-11-21(27)14-23(13-20)33(29,30)22-8-6-5-7-9-22/h5-9,12,20-21,23,26H,10-11,13-15H2,1-4H3. The fourth-order valence-corrected chi connectivity index (χ4v) is 8.95. The van der Waals surface area contributed by atoms with E-state index in [1.807, 2.05) is 19.9 Å². The summed E-state index contributed by atoms with van der Waals surface area (Å²) in [7, 11) is -7.35. The van der Waals surface area contributed by atoms with Gasteiger partial charge in [0.25, 0.3) is 0 Å². The van der Waals surface area contributed by atoms with Crippen molar-refractivity contribution in [3.63, 3.8) is 0 Å². The zero-order valence-electron chi connectivity index (χ0n) is 20.0. The van der Waals surface area contributed by atoms with Crippen molar-refractivity contribution in [3.05, 3.63) is 58.7 Å². The number of hydrogen-bond donors (Lipinski definition) is 1. The van der Waals surface area contributed by atoms with Gasteiger partial charge >= 0.3 is 0 Å². The number of sulfonamides is 1. The molecule has 2 aliphatic rings. The molecule has 184 valence electrons. The Morgan fingerprint density at radius 3 is 1.97 bits per heavy atom. The van der Waals surface area contributed by atoms with E-state index in [4.69, 9.17) is 0 Å². The van der Waals surface area contributed by atoms with Gasteiger partial charge in [0.05, 0.1) is 21.6 Å². The van der Waals surface area contributed by atoms with E-state index in [1.54, 1.807) is 49.1 Å². The number of hydrogen-bond acceptors (Lipinski definition) is 5. The quantitative estimate of drug-likeness (QED) is 0.651. The van der Waals surface area contributed by atoms with Crippen LogP contribution in [0.15, 0.2) is 46.2 Å². The van der Waals surface area contributed by atoms with Gasteiger partial charge in [0.15, 0.2) is 9.84 Å². The number of carbonyl (C=O) groups is 1.